The average molecular weight is 361 g/mol. The second-order valence-corrected chi connectivity index (χ2v) is 6.40. The number of aliphatic hydroxyl groups excluding tert-OH is 1. The maximum Gasteiger partial charge on any atom is 0.320 e. The zero-order valence-corrected chi connectivity index (χ0v) is 15.0. The van der Waals surface area contributed by atoms with Crippen molar-refractivity contribution >= 4 is 5.97 Å². The summed E-state index contributed by atoms with van der Waals surface area (Å²) < 4.78 is 0. The van der Waals surface area contributed by atoms with Crippen LogP contribution in [0.1, 0.15) is 23.1 Å². The summed E-state index contributed by atoms with van der Waals surface area (Å²) in [5.74, 6) is -0.990. The molecule has 3 aromatic carbocycles. The Morgan fingerprint density at radius 1 is 0.778 bits per heavy atom. The van der Waals surface area contributed by atoms with Crippen LogP contribution < -0.4 is 5.32 Å². The van der Waals surface area contributed by atoms with E-state index < -0.39 is 17.6 Å². The highest BCUT2D eigenvalue weighted by molar-refractivity contribution is 5.74. The second kappa shape index (κ2) is 8.62. The fraction of sp³-hybridized carbons (Fsp3) is 0.174. The van der Waals surface area contributed by atoms with Crippen LogP contribution in [-0.4, -0.2) is 28.8 Å². The number of carboxylic acid groups (broad SMARTS) is 1. The summed E-state index contributed by atoms with van der Waals surface area (Å²) in [6.07, 6.45) is 0.115. The number of aliphatic carboxylic acids is 1. The Morgan fingerprint density at radius 2 is 1.15 bits per heavy atom. The van der Waals surface area contributed by atoms with Crippen molar-refractivity contribution in [1.29, 1.82) is 0 Å². The summed E-state index contributed by atoms with van der Waals surface area (Å²) in [4.78, 5) is 11.9. The highest BCUT2D eigenvalue weighted by atomic mass is 16.4. The lowest BCUT2D eigenvalue weighted by Gasteiger charge is -2.39. The summed E-state index contributed by atoms with van der Waals surface area (Å²) in [7, 11) is 0. The van der Waals surface area contributed by atoms with Crippen molar-refractivity contribution in [3.63, 3.8) is 0 Å². The maximum absolute atomic E-state index is 11.9. The van der Waals surface area contributed by atoms with Crippen molar-refractivity contribution in [2.45, 2.75) is 18.0 Å². The molecule has 3 rings (SSSR count). The predicted octanol–water partition coefficient (Wildman–Crippen LogP) is 3.40. The number of aliphatic hydroxyl groups is 1. The molecule has 0 amide bonds. The number of carbonyl (C=O) groups is 1. The van der Waals surface area contributed by atoms with Crippen LogP contribution in [0.4, 0.5) is 0 Å². The van der Waals surface area contributed by atoms with Gasteiger partial charge in [0.2, 0.25) is 0 Å². The third-order valence-corrected chi connectivity index (χ3v) is 4.73. The molecule has 0 spiro atoms. The van der Waals surface area contributed by atoms with Gasteiger partial charge in [-0.25, -0.2) is 0 Å². The molecule has 0 radical (unpaired) electrons. The normalized spacial score (nSPS) is 12.5. The van der Waals surface area contributed by atoms with Gasteiger partial charge in [-0.3, -0.25) is 10.1 Å². The van der Waals surface area contributed by atoms with Crippen LogP contribution in [0, 0.1) is 0 Å². The van der Waals surface area contributed by atoms with E-state index in [1.54, 1.807) is 0 Å². The van der Waals surface area contributed by atoms with E-state index in [4.69, 9.17) is 0 Å². The zero-order valence-electron chi connectivity index (χ0n) is 15.0. The van der Waals surface area contributed by atoms with Gasteiger partial charge < -0.3 is 10.2 Å². The molecule has 138 valence electrons. The molecule has 0 saturated heterocycles. The van der Waals surface area contributed by atoms with Crippen molar-refractivity contribution in [3.8, 4) is 0 Å². The topological polar surface area (TPSA) is 69.6 Å². The predicted molar refractivity (Wildman–Crippen MR) is 105 cm³/mol. The van der Waals surface area contributed by atoms with E-state index in [1.807, 2.05) is 91.0 Å². The molecule has 0 heterocycles. The molecule has 0 unspecified atom stereocenters. The SMILES string of the molecule is O=C(O)[C@@H](CCO)NC(c1ccccc1)(c1ccccc1)c1ccccc1. The Kier molecular flexibility index (Phi) is 6.01. The first-order valence-corrected chi connectivity index (χ1v) is 8.96. The fourth-order valence-electron chi connectivity index (χ4n) is 3.46. The van der Waals surface area contributed by atoms with Crippen LogP contribution in [0.15, 0.2) is 91.0 Å². The highest BCUT2D eigenvalue weighted by Gasteiger charge is 2.39. The van der Waals surface area contributed by atoms with Crippen molar-refractivity contribution in [1.82, 2.24) is 5.32 Å². The number of benzene rings is 3. The van der Waals surface area contributed by atoms with E-state index in [0.29, 0.717) is 0 Å². The number of rotatable bonds is 8. The maximum atomic E-state index is 11.9. The first kappa shape index (κ1) is 18.8. The van der Waals surface area contributed by atoms with Gasteiger partial charge in [0.1, 0.15) is 6.04 Å². The molecule has 0 aliphatic rings. The Bertz CT molecular complexity index is 754. The van der Waals surface area contributed by atoms with Crippen LogP contribution in [0.25, 0.3) is 0 Å². The first-order valence-electron chi connectivity index (χ1n) is 8.96. The molecule has 0 saturated carbocycles. The fourth-order valence-corrected chi connectivity index (χ4v) is 3.46. The highest BCUT2D eigenvalue weighted by Crippen LogP contribution is 2.37. The van der Waals surface area contributed by atoms with Gasteiger partial charge in [0.05, 0.1) is 5.54 Å². The van der Waals surface area contributed by atoms with E-state index in [1.165, 1.54) is 0 Å². The number of hydrogen-bond acceptors (Lipinski definition) is 3. The van der Waals surface area contributed by atoms with E-state index in [-0.39, 0.29) is 13.0 Å². The molecule has 27 heavy (non-hydrogen) atoms. The van der Waals surface area contributed by atoms with Gasteiger partial charge in [0, 0.05) is 6.61 Å². The number of hydrogen-bond donors (Lipinski definition) is 3. The molecule has 0 aliphatic carbocycles. The van der Waals surface area contributed by atoms with Crippen molar-refractivity contribution in [2.24, 2.45) is 0 Å². The van der Waals surface area contributed by atoms with E-state index in [9.17, 15) is 15.0 Å². The lowest BCUT2D eigenvalue weighted by Crippen LogP contribution is -2.52. The lowest BCUT2D eigenvalue weighted by atomic mass is 9.76. The van der Waals surface area contributed by atoms with E-state index in [0.717, 1.165) is 16.7 Å². The summed E-state index contributed by atoms with van der Waals surface area (Å²) in [5, 5.41) is 22.5. The Labute approximate surface area is 159 Å². The molecular weight excluding hydrogens is 338 g/mol. The minimum Gasteiger partial charge on any atom is -0.480 e. The third kappa shape index (κ3) is 3.92. The minimum atomic E-state index is -0.990. The summed E-state index contributed by atoms with van der Waals surface area (Å²) in [5.41, 5.74) is 1.95. The number of nitrogens with one attached hydrogen (secondary N) is 1. The van der Waals surface area contributed by atoms with Crippen molar-refractivity contribution in [2.75, 3.05) is 6.61 Å². The van der Waals surface area contributed by atoms with Gasteiger partial charge in [0.25, 0.3) is 0 Å². The summed E-state index contributed by atoms with van der Waals surface area (Å²) in [6.45, 7) is -0.210. The number of carboxylic acids is 1. The summed E-state index contributed by atoms with van der Waals surface area (Å²) >= 11 is 0. The smallest absolute Gasteiger partial charge is 0.320 e. The molecular formula is C23H23NO3. The van der Waals surface area contributed by atoms with Gasteiger partial charge in [0.15, 0.2) is 0 Å². The van der Waals surface area contributed by atoms with Crippen LogP contribution in [-0.2, 0) is 10.3 Å². The van der Waals surface area contributed by atoms with Gasteiger partial charge in [-0.1, -0.05) is 91.0 Å². The van der Waals surface area contributed by atoms with E-state index in [2.05, 4.69) is 5.32 Å². The Morgan fingerprint density at radius 3 is 1.44 bits per heavy atom. The van der Waals surface area contributed by atoms with Crippen LogP contribution in [0.5, 0.6) is 0 Å². The van der Waals surface area contributed by atoms with Crippen LogP contribution in [0.3, 0.4) is 0 Å². The minimum absolute atomic E-state index is 0.115. The first-order chi connectivity index (χ1) is 13.2. The molecule has 4 heteroatoms. The molecule has 3 N–H and O–H groups in total. The lowest BCUT2D eigenvalue weighted by molar-refractivity contribution is -0.140. The molecule has 0 aliphatic heterocycles. The largest absolute Gasteiger partial charge is 0.480 e. The third-order valence-electron chi connectivity index (χ3n) is 4.73. The van der Waals surface area contributed by atoms with E-state index >= 15 is 0 Å². The van der Waals surface area contributed by atoms with Crippen molar-refractivity contribution < 1.29 is 15.0 Å². The van der Waals surface area contributed by atoms with Crippen molar-refractivity contribution in [3.05, 3.63) is 108 Å². The van der Waals surface area contributed by atoms with Gasteiger partial charge in [-0.2, -0.15) is 0 Å². The second-order valence-electron chi connectivity index (χ2n) is 6.40. The molecule has 1 atom stereocenters. The van der Waals surface area contributed by atoms with Gasteiger partial charge in [-0.15, -0.1) is 0 Å². The molecule has 3 aromatic rings. The van der Waals surface area contributed by atoms with Crippen LogP contribution in [0.2, 0.25) is 0 Å². The molecule has 4 nitrogen and oxygen atoms in total. The van der Waals surface area contributed by atoms with Crippen LogP contribution >= 0.6 is 0 Å². The quantitative estimate of drug-likeness (QED) is 0.538. The van der Waals surface area contributed by atoms with Gasteiger partial charge in [-0.05, 0) is 23.1 Å². The monoisotopic (exact) mass is 361 g/mol. The molecule has 0 aromatic heterocycles. The Hall–Kier alpha value is -2.95. The Balaban J connectivity index is 2.27. The standard InChI is InChI=1S/C23H23NO3/c25-17-16-21(22(26)27)24-23(18-10-4-1-5-11-18,19-12-6-2-7-13-19)20-14-8-3-9-15-20/h1-15,21,24-25H,16-17H2,(H,26,27)/t21-/m1/s1. The molecule has 0 fully saturated rings. The summed E-state index contributed by atoms with van der Waals surface area (Å²) in [6, 6.07) is 28.5. The zero-order chi connectivity index (χ0) is 19.1. The average Bonchev–Trinajstić information content (AvgIpc) is 2.73. The van der Waals surface area contributed by atoms with Gasteiger partial charge >= 0.3 is 5.97 Å². The molecule has 0 bridgehead atoms.